The first-order valence-electron chi connectivity index (χ1n) is 10.6. The van der Waals surface area contributed by atoms with Gasteiger partial charge in [-0.2, -0.15) is 0 Å². The second-order valence-corrected chi connectivity index (χ2v) is 7.22. The van der Waals surface area contributed by atoms with Gasteiger partial charge < -0.3 is 24.5 Å². The fraction of sp³-hybridized carbons (Fsp3) is 0.280. The number of hydrogen-bond acceptors (Lipinski definition) is 5. The average molecular weight is 437 g/mol. The van der Waals surface area contributed by atoms with Crippen molar-refractivity contribution in [2.45, 2.75) is 32.1 Å². The van der Waals surface area contributed by atoms with E-state index in [1.54, 1.807) is 6.26 Å². The van der Waals surface area contributed by atoms with E-state index in [-0.39, 0.29) is 12.5 Å². The highest BCUT2D eigenvalue weighted by Crippen LogP contribution is 2.06. The molecular formula is C25H28N2O5. The minimum atomic E-state index is -0.746. The van der Waals surface area contributed by atoms with Gasteiger partial charge in [-0.1, -0.05) is 60.7 Å². The lowest BCUT2D eigenvalue weighted by Crippen LogP contribution is -2.48. The van der Waals surface area contributed by atoms with Crippen molar-refractivity contribution < 1.29 is 23.5 Å². The van der Waals surface area contributed by atoms with Crippen LogP contribution in [0.3, 0.4) is 0 Å². The number of amides is 2. The van der Waals surface area contributed by atoms with Crippen LogP contribution >= 0.6 is 0 Å². The van der Waals surface area contributed by atoms with Gasteiger partial charge in [0.2, 0.25) is 5.91 Å². The molecule has 3 aromatic rings. The van der Waals surface area contributed by atoms with Crippen molar-refractivity contribution in [3.63, 3.8) is 0 Å². The van der Waals surface area contributed by atoms with E-state index in [0.29, 0.717) is 32.6 Å². The van der Waals surface area contributed by atoms with Crippen molar-refractivity contribution in [3.05, 3.63) is 95.9 Å². The summed E-state index contributed by atoms with van der Waals surface area (Å²) in [4.78, 5) is 25.0. The lowest BCUT2D eigenvalue weighted by atomic mass is 10.1. The molecule has 1 unspecified atom stereocenters. The van der Waals surface area contributed by atoms with E-state index in [4.69, 9.17) is 13.9 Å². The van der Waals surface area contributed by atoms with Gasteiger partial charge in [-0.05, 0) is 29.7 Å². The molecule has 32 heavy (non-hydrogen) atoms. The van der Waals surface area contributed by atoms with Crippen LogP contribution in [0.25, 0.3) is 0 Å². The maximum atomic E-state index is 12.7. The quantitative estimate of drug-likeness (QED) is 0.421. The van der Waals surface area contributed by atoms with Gasteiger partial charge in [0.25, 0.3) is 0 Å². The Morgan fingerprint density at radius 3 is 2.28 bits per heavy atom. The van der Waals surface area contributed by atoms with E-state index >= 15 is 0 Å². The molecule has 0 spiro atoms. The van der Waals surface area contributed by atoms with Gasteiger partial charge in [-0.3, -0.25) is 4.79 Å². The third-order valence-electron chi connectivity index (χ3n) is 4.69. The van der Waals surface area contributed by atoms with Gasteiger partial charge in [0.1, 0.15) is 25.0 Å². The first-order chi connectivity index (χ1) is 15.7. The molecule has 0 fully saturated rings. The zero-order valence-corrected chi connectivity index (χ0v) is 17.9. The van der Waals surface area contributed by atoms with Crippen LogP contribution in [0.4, 0.5) is 4.79 Å². The molecule has 1 heterocycles. The van der Waals surface area contributed by atoms with Crippen LogP contribution in [-0.2, 0) is 33.9 Å². The highest BCUT2D eigenvalue weighted by atomic mass is 16.5. The fourth-order valence-corrected chi connectivity index (χ4v) is 3.04. The molecule has 168 valence electrons. The molecule has 7 heteroatoms. The normalized spacial score (nSPS) is 11.5. The Morgan fingerprint density at radius 2 is 1.59 bits per heavy atom. The minimum absolute atomic E-state index is 0.138. The number of rotatable bonds is 12. The van der Waals surface area contributed by atoms with E-state index in [1.165, 1.54) is 0 Å². The number of hydrogen-bond donors (Lipinski definition) is 2. The summed E-state index contributed by atoms with van der Waals surface area (Å²) in [6.07, 6.45) is 1.97. The Hall–Kier alpha value is -3.58. The molecule has 0 bridgehead atoms. The molecule has 1 aromatic heterocycles. The van der Waals surface area contributed by atoms with E-state index in [2.05, 4.69) is 10.6 Å². The summed E-state index contributed by atoms with van der Waals surface area (Å²) >= 11 is 0. The summed E-state index contributed by atoms with van der Waals surface area (Å²) in [7, 11) is 0. The molecule has 0 aliphatic rings. The summed E-state index contributed by atoms with van der Waals surface area (Å²) in [5.41, 5.74) is 1.82. The number of alkyl carbamates (subject to hydrolysis) is 1. The van der Waals surface area contributed by atoms with Crippen molar-refractivity contribution in [2.24, 2.45) is 0 Å². The molecule has 0 aliphatic heterocycles. The van der Waals surface area contributed by atoms with Crippen molar-refractivity contribution in [1.82, 2.24) is 10.6 Å². The minimum Gasteiger partial charge on any atom is -0.467 e. The molecule has 0 saturated heterocycles. The number of carbonyl (C=O) groups excluding carboxylic acids is 2. The Bertz CT molecular complexity index is 929. The van der Waals surface area contributed by atoms with E-state index in [9.17, 15) is 9.59 Å². The topological polar surface area (TPSA) is 89.8 Å². The SMILES string of the molecule is O=C(NC(Cc1ccccc1)C(=O)NCCCOCc1ccco1)OCc1ccccc1. The van der Waals surface area contributed by atoms with Crippen LogP contribution in [0.2, 0.25) is 0 Å². The lowest BCUT2D eigenvalue weighted by molar-refractivity contribution is -0.123. The smallest absolute Gasteiger partial charge is 0.408 e. The predicted molar refractivity (Wildman–Crippen MR) is 120 cm³/mol. The van der Waals surface area contributed by atoms with Crippen LogP contribution in [0.5, 0.6) is 0 Å². The predicted octanol–water partition coefficient (Wildman–Crippen LogP) is 3.84. The highest BCUT2D eigenvalue weighted by molar-refractivity contribution is 5.85. The van der Waals surface area contributed by atoms with Crippen molar-refractivity contribution in [2.75, 3.05) is 13.2 Å². The van der Waals surface area contributed by atoms with Gasteiger partial charge in [-0.15, -0.1) is 0 Å². The summed E-state index contributed by atoms with van der Waals surface area (Å²) in [6, 6.07) is 21.8. The number of carbonyl (C=O) groups is 2. The van der Waals surface area contributed by atoms with Gasteiger partial charge in [-0.25, -0.2) is 4.79 Å². The first kappa shape index (κ1) is 23.1. The maximum Gasteiger partial charge on any atom is 0.408 e. The monoisotopic (exact) mass is 436 g/mol. The molecule has 0 aliphatic carbocycles. The van der Waals surface area contributed by atoms with Gasteiger partial charge in [0, 0.05) is 19.6 Å². The molecule has 2 amide bonds. The lowest BCUT2D eigenvalue weighted by Gasteiger charge is -2.18. The fourth-order valence-electron chi connectivity index (χ4n) is 3.04. The van der Waals surface area contributed by atoms with Gasteiger partial charge >= 0.3 is 6.09 Å². The van der Waals surface area contributed by atoms with Crippen LogP contribution in [0.1, 0.15) is 23.3 Å². The average Bonchev–Trinajstić information content (AvgIpc) is 3.34. The first-order valence-corrected chi connectivity index (χ1v) is 10.6. The van der Waals surface area contributed by atoms with Crippen LogP contribution < -0.4 is 10.6 Å². The molecular weight excluding hydrogens is 408 g/mol. The Kier molecular flexibility index (Phi) is 9.36. The second-order valence-electron chi connectivity index (χ2n) is 7.22. The van der Waals surface area contributed by atoms with Gasteiger partial charge in [0.05, 0.1) is 6.26 Å². The molecule has 7 nitrogen and oxygen atoms in total. The molecule has 2 N–H and O–H groups in total. The molecule has 1 atom stereocenters. The van der Waals surface area contributed by atoms with Gasteiger partial charge in [0.15, 0.2) is 0 Å². The molecule has 3 rings (SSSR count). The largest absolute Gasteiger partial charge is 0.467 e. The number of furan rings is 1. The van der Waals surface area contributed by atoms with Crippen molar-refractivity contribution in [1.29, 1.82) is 0 Å². The summed E-state index contributed by atoms with van der Waals surface area (Å²) < 4.78 is 16.0. The molecule has 0 saturated carbocycles. The Balaban J connectivity index is 1.45. The standard InChI is InChI=1S/C25H28N2O5/c28-24(26-14-8-15-30-19-22-13-7-16-31-22)23(17-20-9-3-1-4-10-20)27-25(29)32-18-21-11-5-2-6-12-21/h1-7,9-13,16,23H,8,14-15,17-19H2,(H,26,28)(H,27,29). The van der Waals surface area contributed by atoms with Crippen molar-refractivity contribution >= 4 is 12.0 Å². The summed E-state index contributed by atoms with van der Waals surface area (Å²) in [5, 5.41) is 5.55. The van der Waals surface area contributed by atoms with Crippen molar-refractivity contribution in [3.8, 4) is 0 Å². The Labute approximate surface area is 187 Å². The second kappa shape index (κ2) is 13.0. The highest BCUT2D eigenvalue weighted by Gasteiger charge is 2.21. The zero-order valence-electron chi connectivity index (χ0n) is 17.9. The van der Waals surface area contributed by atoms with E-state index in [0.717, 1.165) is 16.9 Å². The molecule has 0 radical (unpaired) electrons. The van der Waals surface area contributed by atoms with E-state index < -0.39 is 12.1 Å². The number of ether oxygens (including phenoxy) is 2. The third kappa shape index (κ3) is 8.28. The number of nitrogens with one attached hydrogen (secondary N) is 2. The maximum absolute atomic E-state index is 12.7. The van der Waals surface area contributed by atoms with Crippen LogP contribution in [-0.4, -0.2) is 31.2 Å². The molecule has 2 aromatic carbocycles. The third-order valence-corrected chi connectivity index (χ3v) is 4.69. The Morgan fingerprint density at radius 1 is 0.875 bits per heavy atom. The summed E-state index contributed by atoms with van der Waals surface area (Å²) in [5.74, 6) is 0.492. The van der Waals surface area contributed by atoms with Crippen LogP contribution in [0, 0.1) is 0 Å². The van der Waals surface area contributed by atoms with E-state index in [1.807, 2.05) is 72.8 Å². The summed E-state index contributed by atoms with van der Waals surface area (Å²) in [6.45, 7) is 1.45. The van der Waals surface area contributed by atoms with Crippen LogP contribution in [0.15, 0.2) is 83.5 Å². The number of benzene rings is 2. The zero-order chi connectivity index (χ0) is 22.4.